The maximum Gasteiger partial charge on any atom is 0.321 e. The Kier molecular flexibility index (Phi) is 8.61. The first-order chi connectivity index (χ1) is 16.2. The minimum Gasteiger partial charge on any atom is -0.394 e. The molecule has 0 fully saturated rings. The lowest BCUT2D eigenvalue weighted by Crippen LogP contribution is -2.48. The molecule has 3 heterocycles. The van der Waals surface area contributed by atoms with Gasteiger partial charge in [-0.2, -0.15) is 0 Å². The van der Waals surface area contributed by atoms with E-state index in [1.54, 1.807) is 30.5 Å². The second-order valence-electron chi connectivity index (χ2n) is 8.99. The minimum absolute atomic E-state index is 0.0313. The SMILES string of the molecule is Cc1noc(C)c1NC(=O)N(C)C[C@@H]1OCc2cn(nn2)CCCC(=O)N([C@@H](C)CO)C[C@H]1C. The summed E-state index contributed by atoms with van der Waals surface area (Å²) in [5.41, 5.74) is 1.83. The molecule has 0 saturated carbocycles. The summed E-state index contributed by atoms with van der Waals surface area (Å²) in [6, 6.07) is -0.644. The number of nitrogens with zero attached hydrogens (tertiary/aromatic N) is 6. The highest BCUT2D eigenvalue weighted by Crippen LogP contribution is 2.20. The molecule has 0 aliphatic carbocycles. The minimum atomic E-state index is -0.396. The van der Waals surface area contributed by atoms with Gasteiger partial charge in [0.25, 0.3) is 0 Å². The van der Waals surface area contributed by atoms with Crippen molar-refractivity contribution in [2.24, 2.45) is 5.92 Å². The molecule has 3 rings (SSSR count). The highest BCUT2D eigenvalue weighted by atomic mass is 16.5. The van der Waals surface area contributed by atoms with Gasteiger partial charge in [0.15, 0.2) is 5.76 Å². The van der Waals surface area contributed by atoms with Crippen LogP contribution in [0, 0.1) is 19.8 Å². The van der Waals surface area contributed by atoms with Gasteiger partial charge in [0, 0.05) is 39.0 Å². The predicted molar refractivity (Wildman–Crippen MR) is 123 cm³/mol. The van der Waals surface area contributed by atoms with E-state index in [-0.39, 0.29) is 43.7 Å². The lowest BCUT2D eigenvalue weighted by molar-refractivity contribution is -0.136. The molecule has 0 unspecified atom stereocenters. The maximum atomic E-state index is 12.9. The van der Waals surface area contributed by atoms with Crippen LogP contribution in [0.2, 0.25) is 0 Å². The van der Waals surface area contributed by atoms with Crippen LogP contribution in [-0.2, 0) is 22.7 Å². The number of urea groups is 1. The van der Waals surface area contributed by atoms with Gasteiger partial charge in [-0.1, -0.05) is 17.3 Å². The first-order valence-corrected chi connectivity index (χ1v) is 11.6. The second-order valence-corrected chi connectivity index (χ2v) is 8.99. The van der Waals surface area contributed by atoms with Crippen LogP contribution in [0.4, 0.5) is 10.5 Å². The lowest BCUT2D eigenvalue weighted by Gasteiger charge is -2.35. The fraction of sp³-hybridized carbons (Fsp3) is 0.682. The number of carbonyl (C=O) groups excluding carboxylic acids is 2. The van der Waals surface area contributed by atoms with Gasteiger partial charge in [0.2, 0.25) is 5.91 Å². The Labute approximate surface area is 199 Å². The molecule has 2 bridgehead atoms. The number of hydrogen-bond acceptors (Lipinski definition) is 8. The standard InChI is InChI=1S/C22H35N7O5/c1-14-9-29(15(2)12-30)20(31)7-6-8-28-10-18(24-26-28)13-33-19(14)11-27(5)22(32)23-21-16(3)25-34-17(21)4/h10,14-15,19,30H,6-9,11-13H2,1-5H3,(H,23,32)/t14-,15+,19+/m1/s1. The molecule has 2 N–H and O–H groups in total. The number of likely N-dealkylation sites (N-methyl/N-ethyl adjacent to an activating group) is 1. The van der Waals surface area contributed by atoms with E-state index in [0.717, 1.165) is 0 Å². The molecule has 34 heavy (non-hydrogen) atoms. The number of aryl methyl sites for hydroxylation is 3. The summed E-state index contributed by atoms with van der Waals surface area (Å²) in [7, 11) is 1.68. The van der Waals surface area contributed by atoms with Crippen LogP contribution in [0.1, 0.15) is 43.8 Å². The zero-order valence-corrected chi connectivity index (χ0v) is 20.5. The number of ether oxygens (including phenoxy) is 1. The molecular formula is C22H35N7O5. The van der Waals surface area contributed by atoms with E-state index >= 15 is 0 Å². The van der Waals surface area contributed by atoms with Gasteiger partial charge in [-0.15, -0.1) is 5.10 Å². The Bertz CT molecular complexity index is 955. The van der Waals surface area contributed by atoms with Crippen LogP contribution in [0.3, 0.4) is 0 Å². The molecule has 188 valence electrons. The molecule has 1 aliphatic heterocycles. The fourth-order valence-electron chi connectivity index (χ4n) is 3.91. The van der Waals surface area contributed by atoms with Crippen LogP contribution in [0.5, 0.6) is 0 Å². The van der Waals surface area contributed by atoms with Crippen LogP contribution in [0.15, 0.2) is 10.7 Å². The van der Waals surface area contributed by atoms with Gasteiger partial charge in [-0.05, 0) is 27.2 Å². The molecule has 1 aliphatic rings. The van der Waals surface area contributed by atoms with Crippen molar-refractivity contribution in [3.63, 3.8) is 0 Å². The largest absolute Gasteiger partial charge is 0.394 e. The highest BCUT2D eigenvalue weighted by molar-refractivity contribution is 5.90. The summed E-state index contributed by atoms with van der Waals surface area (Å²) in [5, 5.41) is 24.7. The molecule has 2 aromatic rings. The first kappa shape index (κ1) is 25.6. The van der Waals surface area contributed by atoms with Crippen LogP contribution in [-0.4, -0.2) is 85.9 Å². The Balaban J connectivity index is 1.77. The summed E-state index contributed by atoms with van der Waals surface area (Å²) in [4.78, 5) is 29.0. The highest BCUT2D eigenvalue weighted by Gasteiger charge is 2.29. The summed E-state index contributed by atoms with van der Waals surface area (Å²) in [5.74, 6) is 0.375. The number of hydrogen-bond donors (Lipinski definition) is 2. The van der Waals surface area contributed by atoms with Crippen molar-refractivity contribution >= 4 is 17.6 Å². The number of aromatic nitrogens is 4. The molecule has 2 aromatic heterocycles. The number of anilines is 1. The first-order valence-electron chi connectivity index (χ1n) is 11.6. The van der Waals surface area contributed by atoms with Crippen molar-refractivity contribution in [1.29, 1.82) is 0 Å². The number of aliphatic hydroxyl groups excluding tert-OH is 1. The smallest absolute Gasteiger partial charge is 0.321 e. The summed E-state index contributed by atoms with van der Waals surface area (Å²) in [6.07, 6.45) is 2.39. The molecule has 3 amide bonds. The molecule has 12 heteroatoms. The van der Waals surface area contributed by atoms with E-state index in [1.807, 2.05) is 20.0 Å². The van der Waals surface area contributed by atoms with E-state index in [1.165, 1.54) is 4.90 Å². The van der Waals surface area contributed by atoms with Gasteiger partial charge in [0.05, 0.1) is 31.6 Å². The third-order valence-corrected chi connectivity index (χ3v) is 6.11. The van der Waals surface area contributed by atoms with Crippen molar-refractivity contribution in [1.82, 2.24) is 30.0 Å². The van der Waals surface area contributed by atoms with Crippen molar-refractivity contribution in [3.05, 3.63) is 23.3 Å². The van der Waals surface area contributed by atoms with Gasteiger partial charge in [-0.25, -0.2) is 4.79 Å². The van der Waals surface area contributed by atoms with Crippen molar-refractivity contribution < 1.29 is 24.0 Å². The molecule has 3 atom stereocenters. The maximum absolute atomic E-state index is 12.9. The van der Waals surface area contributed by atoms with E-state index in [9.17, 15) is 14.7 Å². The normalized spacial score (nSPS) is 20.8. The average molecular weight is 478 g/mol. The van der Waals surface area contributed by atoms with Crippen LogP contribution < -0.4 is 5.32 Å². The van der Waals surface area contributed by atoms with Gasteiger partial charge in [-0.3, -0.25) is 9.48 Å². The molecule has 0 aromatic carbocycles. The Morgan fingerprint density at radius 3 is 2.85 bits per heavy atom. The second kappa shape index (κ2) is 11.4. The summed E-state index contributed by atoms with van der Waals surface area (Å²) in [6.45, 7) is 8.65. The van der Waals surface area contributed by atoms with Crippen molar-refractivity contribution in [2.75, 3.05) is 32.1 Å². The topological polar surface area (TPSA) is 139 Å². The third-order valence-electron chi connectivity index (χ3n) is 6.11. The molecular weight excluding hydrogens is 442 g/mol. The lowest BCUT2D eigenvalue weighted by atomic mass is 10.0. The van der Waals surface area contributed by atoms with Gasteiger partial charge < -0.3 is 29.5 Å². The number of amides is 3. The Hall–Kier alpha value is -2.99. The summed E-state index contributed by atoms with van der Waals surface area (Å²) < 4.78 is 13.0. The quantitative estimate of drug-likeness (QED) is 0.662. The zero-order chi connectivity index (χ0) is 24.8. The predicted octanol–water partition coefficient (Wildman–Crippen LogP) is 1.57. The summed E-state index contributed by atoms with van der Waals surface area (Å²) >= 11 is 0. The fourth-order valence-corrected chi connectivity index (χ4v) is 3.91. The number of aliphatic hydroxyl groups is 1. The van der Waals surface area contributed by atoms with Gasteiger partial charge >= 0.3 is 6.03 Å². The molecule has 0 spiro atoms. The third kappa shape index (κ3) is 6.32. The van der Waals surface area contributed by atoms with Crippen molar-refractivity contribution in [2.45, 2.75) is 65.8 Å². The van der Waals surface area contributed by atoms with E-state index in [0.29, 0.717) is 48.8 Å². The van der Waals surface area contributed by atoms with E-state index in [4.69, 9.17) is 9.26 Å². The number of nitrogens with one attached hydrogen (secondary N) is 1. The number of carbonyl (C=O) groups is 2. The monoisotopic (exact) mass is 477 g/mol. The number of fused-ring (bicyclic) bond motifs is 2. The van der Waals surface area contributed by atoms with E-state index in [2.05, 4.69) is 20.8 Å². The molecule has 0 saturated heterocycles. The van der Waals surface area contributed by atoms with Crippen molar-refractivity contribution in [3.8, 4) is 0 Å². The molecule has 0 radical (unpaired) electrons. The van der Waals surface area contributed by atoms with E-state index < -0.39 is 6.10 Å². The number of rotatable bonds is 5. The van der Waals surface area contributed by atoms with Crippen LogP contribution >= 0.6 is 0 Å². The Morgan fingerprint density at radius 2 is 2.18 bits per heavy atom. The van der Waals surface area contributed by atoms with Crippen LogP contribution in [0.25, 0.3) is 0 Å². The Morgan fingerprint density at radius 1 is 1.41 bits per heavy atom. The van der Waals surface area contributed by atoms with Gasteiger partial charge in [0.1, 0.15) is 17.1 Å². The zero-order valence-electron chi connectivity index (χ0n) is 20.5. The average Bonchev–Trinajstić information content (AvgIpc) is 3.40. The molecule has 12 nitrogen and oxygen atoms in total.